The molecule has 1 aliphatic heterocycles. The SMILES string of the molecule is Cn1nnc2cc(C(=O)N3CCCC[C@@H]3c3ncn[nH]3)ccc21. The van der Waals surface area contributed by atoms with Gasteiger partial charge in [0, 0.05) is 19.2 Å². The highest BCUT2D eigenvalue weighted by molar-refractivity contribution is 5.97. The normalized spacial score (nSPS) is 18.5. The van der Waals surface area contributed by atoms with Crippen LogP contribution in [0.5, 0.6) is 0 Å². The molecule has 0 radical (unpaired) electrons. The second kappa shape index (κ2) is 5.45. The van der Waals surface area contributed by atoms with Crippen LogP contribution in [0.2, 0.25) is 0 Å². The number of likely N-dealkylation sites (tertiary alicyclic amines) is 1. The fraction of sp³-hybridized carbons (Fsp3) is 0.400. The lowest BCUT2D eigenvalue weighted by Crippen LogP contribution is -2.39. The molecule has 2 aromatic heterocycles. The maximum absolute atomic E-state index is 13.0. The molecule has 8 heteroatoms. The second-order valence-corrected chi connectivity index (χ2v) is 5.80. The first-order valence-electron chi connectivity index (χ1n) is 7.70. The summed E-state index contributed by atoms with van der Waals surface area (Å²) in [7, 11) is 1.83. The first-order valence-corrected chi connectivity index (χ1v) is 7.70. The molecule has 1 fully saturated rings. The summed E-state index contributed by atoms with van der Waals surface area (Å²) in [6, 6.07) is 5.48. The predicted molar refractivity (Wildman–Crippen MR) is 82.5 cm³/mol. The Morgan fingerprint density at radius 1 is 1.35 bits per heavy atom. The number of aromatic nitrogens is 6. The van der Waals surface area contributed by atoms with Crippen LogP contribution in [0.4, 0.5) is 0 Å². The van der Waals surface area contributed by atoms with Crippen LogP contribution in [-0.2, 0) is 7.05 Å². The largest absolute Gasteiger partial charge is 0.328 e. The van der Waals surface area contributed by atoms with Gasteiger partial charge in [0.2, 0.25) is 0 Å². The number of amides is 1. The zero-order chi connectivity index (χ0) is 15.8. The summed E-state index contributed by atoms with van der Waals surface area (Å²) in [6.45, 7) is 0.725. The lowest BCUT2D eigenvalue weighted by atomic mass is 10.00. The van der Waals surface area contributed by atoms with E-state index in [1.165, 1.54) is 6.33 Å². The Kier molecular flexibility index (Phi) is 3.29. The molecule has 1 aliphatic rings. The van der Waals surface area contributed by atoms with Crippen molar-refractivity contribution in [2.24, 2.45) is 7.05 Å². The molecule has 1 N–H and O–H groups in total. The molecule has 23 heavy (non-hydrogen) atoms. The van der Waals surface area contributed by atoms with Gasteiger partial charge in [0.25, 0.3) is 5.91 Å². The van der Waals surface area contributed by atoms with Crippen molar-refractivity contribution >= 4 is 16.9 Å². The number of carbonyl (C=O) groups is 1. The quantitative estimate of drug-likeness (QED) is 0.773. The summed E-state index contributed by atoms with van der Waals surface area (Å²) in [4.78, 5) is 19.1. The van der Waals surface area contributed by atoms with E-state index in [1.54, 1.807) is 10.7 Å². The van der Waals surface area contributed by atoms with E-state index in [2.05, 4.69) is 25.5 Å². The number of rotatable bonds is 2. The highest BCUT2D eigenvalue weighted by atomic mass is 16.2. The topological polar surface area (TPSA) is 92.6 Å². The van der Waals surface area contributed by atoms with Crippen LogP contribution in [0.15, 0.2) is 24.5 Å². The Balaban J connectivity index is 1.67. The molecule has 0 saturated carbocycles. The van der Waals surface area contributed by atoms with Crippen molar-refractivity contribution in [3.63, 3.8) is 0 Å². The second-order valence-electron chi connectivity index (χ2n) is 5.80. The molecular weight excluding hydrogens is 294 g/mol. The highest BCUT2D eigenvalue weighted by Gasteiger charge is 2.30. The van der Waals surface area contributed by atoms with Crippen LogP contribution >= 0.6 is 0 Å². The summed E-state index contributed by atoms with van der Waals surface area (Å²) in [5.41, 5.74) is 2.27. The minimum atomic E-state index is -0.0451. The number of hydrogen-bond acceptors (Lipinski definition) is 5. The van der Waals surface area contributed by atoms with E-state index < -0.39 is 0 Å². The van der Waals surface area contributed by atoms with Crippen LogP contribution in [0.1, 0.15) is 41.5 Å². The van der Waals surface area contributed by atoms with E-state index in [0.717, 1.165) is 42.7 Å². The van der Waals surface area contributed by atoms with Crippen molar-refractivity contribution in [1.29, 1.82) is 0 Å². The zero-order valence-electron chi connectivity index (χ0n) is 12.8. The molecule has 3 aromatic rings. The van der Waals surface area contributed by atoms with Crippen LogP contribution in [-0.4, -0.2) is 47.5 Å². The standard InChI is InChI=1S/C15H17N7O/c1-21-12-6-5-10(8-11(12)18-20-21)15(23)22-7-3-2-4-13(22)14-16-9-17-19-14/h5-6,8-9,13H,2-4,7H2,1H3,(H,16,17,19)/t13-/m1/s1. The predicted octanol–water partition coefficient (Wildman–Crippen LogP) is 1.45. The molecule has 118 valence electrons. The Morgan fingerprint density at radius 2 is 2.26 bits per heavy atom. The summed E-state index contributed by atoms with van der Waals surface area (Å²) in [6.07, 6.45) is 4.47. The number of nitrogens with zero attached hydrogens (tertiary/aromatic N) is 6. The number of hydrogen-bond donors (Lipinski definition) is 1. The Bertz CT molecular complexity index is 839. The summed E-state index contributed by atoms with van der Waals surface area (Å²) in [5.74, 6) is 0.747. The van der Waals surface area contributed by atoms with Gasteiger partial charge in [0.05, 0.1) is 11.6 Å². The first-order chi connectivity index (χ1) is 11.2. The Labute approximate surface area is 132 Å². The molecule has 0 unspecified atom stereocenters. The fourth-order valence-electron chi connectivity index (χ4n) is 3.17. The van der Waals surface area contributed by atoms with E-state index in [9.17, 15) is 4.79 Å². The molecule has 0 bridgehead atoms. The maximum atomic E-state index is 13.0. The molecule has 1 saturated heterocycles. The number of aromatic amines is 1. The average molecular weight is 311 g/mol. The molecule has 8 nitrogen and oxygen atoms in total. The molecule has 3 heterocycles. The molecule has 1 atom stereocenters. The Hall–Kier alpha value is -2.77. The third kappa shape index (κ3) is 2.36. The Morgan fingerprint density at radius 3 is 3.09 bits per heavy atom. The lowest BCUT2D eigenvalue weighted by molar-refractivity contribution is 0.0600. The summed E-state index contributed by atoms with van der Waals surface area (Å²) in [5, 5.41) is 14.9. The van der Waals surface area contributed by atoms with Gasteiger partial charge in [0.15, 0.2) is 0 Å². The number of H-pyrrole nitrogens is 1. The number of benzene rings is 1. The first kappa shape index (κ1) is 13.9. The van der Waals surface area contributed by atoms with Crippen molar-refractivity contribution < 1.29 is 4.79 Å². The molecule has 1 amide bonds. The maximum Gasteiger partial charge on any atom is 0.254 e. The van der Waals surface area contributed by atoms with E-state index in [0.29, 0.717) is 5.56 Å². The fourth-order valence-corrected chi connectivity index (χ4v) is 3.17. The van der Waals surface area contributed by atoms with Gasteiger partial charge in [-0.1, -0.05) is 5.21 Å². The number of piperidine rings is 1. The van der Waals surface area contributed by atoms with Crippen LogP contribution in [0, 0.1) is 0 Å². The van der Waals surface area contributed by atoms with Crippen LogP contribution in [0.3, 0.4) is 0 Å². The van der Waals surface area contributed by atoms with Crippen molar-refractivity contribution in [3.8, 4) is 0 Å². The number of fused-ring (bicyclic) bond motifs is 1. The van der Waals surface area contributed by atoms with E-state index >= 15 is 0 Å². The van der Waals surface area contributed by atoms with Gasteiger partial charge in [-0.25, -0.2) is 9.67 Å². The molecule has 0 aliphatic carbocycles. The van der Waals surface area contributed by atoms with Gasteiger partial charge in [-0.15, -0.1) is 5.10 Å². The van der Waals surface area contributed by atoms with Crippen LogP contribution < -0.4 is 0 Å². The summed E-state index contributed by atoms with van der Waals surface area (Å²) < 4.78 is 1.70. The van der Waals surface area contributed by atoms with Gasteiger partial charge in [0.1, 0.15) is 17.7 Å². The zero-order valence-corrected chi connectivity index (χ0v) is 12.8. The van der Waals surface area contributed by atoms with Crippen molar-refractivity contribution in [1.82, 2.24) is 35.1 Å². The molecular formula is C15H17N7O. The van der Waals surface area contributed by atoms with Gasteiger partial charge < -0.3 is 4.90 Å². The van der Waals surface area contributed by atoms with E-state index in [4.69, 9.17) is 0 Å². The van der Waals surface area contributed by atoms with Gasteiger partial charge >= 0.3 is 0 Å². The third-order valence-corrected chi connectivity index (χ3v) is 4.37. The van der Waals surface area contributed by atoms with Gasteiger partial charge in [-0.3, -0.25) is 9.89 Å². The van der Waals surface area contributed by atoms with Crippen molar-refractivity contribution in [2.75, 3.05) is 6.54 Å². The molecule has 0 spiro atoms. The van der Waals surface area contributed by atoms with Gasteiger partial charge in [-0.2, -0.15) is 5.10 Å². The highest BCUT2D eigenvalue weighted by Crippen LogP contribution is 2.30. The molecule has 4 rings (SSSR count). The minimum Gasteiger partial charge on any atom is -0.328 e. The average Bonchev–Trinajstić information content (AvgIpc) is 3.24. The number of carbonyl (C=O) groups excluding carboxylic acids is 1. The van der Waals surface area contributed by atoms with Crippen LogP contribution in [0.25, 0.3) is 11.0 Å². The number of nitrogens with one attached hydrogen (secondary N) is 1. The van der Waals surface area contributed by atoms with Gasteiger partial charge in [-0.05, 0) is 37.5 Å². The molecule has 1 aromatic carbocycles. The smallest absolute Gasteiger partial charge is 0.254 e. The monoisotopic (exact) mass is 311 g/mol. The third-order valence-electron chi connectivity index (χ3n) is 4.37. The summed E-state index contributed by atoms with van der Waals surface area (Å²) >= 11 is 0. The van der Waals surface area contributed by atoms with Crippen molar-refractivity contribution in [3.05, 3.63) is 35.9 Å². The van der Waals surface area contributed by atoms with E-state index in [1.807, 2.05) is 24.1 Å². The number of aryl methyl sites for hydroxylation is 1. The van der Waals surface area contributed by atoms with E-state index in [-0.39, 0.29) is 11.9 Å². The lowest BCUT2D eigenvalue weighted by Gasteiger charge is -2.34. The minimum absolute atomic E-state index is 0.00125. The van der Waals surface area contributed by atoms with Crippen molar-refractivity contribution in [2.45, 2.75) is 25.3 Å².